The Labute approximate surface area is 156 Å². The number of carbonyl (C=O) groups is 1. The number of imidazole rings is 1. The highest BCUT2D eigenvalue weighted by Gasteiger charge is 2.21. The molecule has 0 atom stereocenters. The Balaban J connectivity index is 1.71. The van der Waals surface area contributed by atoms with Crippen LogP contribution in [0.3, 0.4) is 0 Å². The highest BCUT2D eigenvalue weighted by Crippen LogP contribution is 2.16. The Bertz CT molecular complexity index is 1020. The standard InChI is InChI=1S/C17H17N5O4S/c1-21(26-2)27(24,25)15-6-3-13(4-7-15)17(23)20-14-5-8-16(19-11-14)22-10-9-18-12-22/h3-12H,1-2H3,(H,20,23). The summed E-state index contributed by atoms with van der Waals surface area (Å²) in [5.74, 6) is 0.290. The molecule has 0 unspecified atom stereocenters. The van der Waals surface area contributed by atoms with Crippen molar-refractivity contribution in [1.82, 2.24) is 19.0 Å². The molecule has 1 aromatic carbocycles. The first-order chi connectivity index (χ1) is 12.9. The van der Waals surface area contributed by atoms with E-state index in [9.17, 15) is 13.2 Å². The average molecular weight is 387 g/mol. The number of hydrogen-bond donors (Lipinski definition) is 1. The number of hydroxylamine groups is 1. The van der Waals surface area contributed by atoms with Crippen LogP contribution in [0.4, 0.5) is 5.69 Å². The number of sulfonamides is 1. The van der Waals surface area contributed by atoms with Gasteiger partial charge in [-0.25, -0.2) is 18.4 Å². The molecular weight excluding hydrogens is 370 g/mol. The van der Waals surface area contributed by atoms with Crippen LogP contribution in [0, 0.1) is 0 Å². The fourth-order valence-electron chi connectivity index (χ4n) is 2.24. The van der Waals surface area contributed by atoms with Crippen molar-refractivity contribution in [2.45, 2.75) is 4.90 Å². The van der Waals surface area contributed by atoms with E-state index in [-0.39, 0.29) is 10.8 Å². The van der Waals surface area contributed by atoms with Gasteiger partial charge >= 0.3 is 0 Å². The molecule has 0 aliphatic rings. The van der Waals surface area contributed by atoms with Crippen LogP contribution in [-0.2, 0) is 14.9 Å². The highest BCUT2D eigenvalue weighted by atomic mass is 32.2. The van der Waals surface area contributed by atoms with Gasteiger partial charge in [-0.05, 0) is 36.4 Å². The third-order valence-corrected chi connectivity index (χ3v) is 5.48. The molecule has 0 saturated carbocycles. The number of rotatable bonds is 6. The summed E-state index contributed by atoms with van der Waals surface area (Å²) in [4.78, 5) is 25.3. The van der Waals surface area contributed by atoms with Crippen LogP contribution in [0.2, 0.25) is 0 Å². The first-order valence-corrected chi connectivity index (χ1v) is 9.24. The molecule has 0 aliphatic heterocycles. The fraction of sp³-hybridized carbons (Fsp3) is 0.118. The van der Waals surface area contributed by atoms with Gasteiger partial charge in [-0.15, -0.1) is 0 Å². The minimum absolute atomic E-state index is 0.0229. The topological polar surface area (TPSA) is 106 Å². The van der Waals surface area contributed by atoms with E-state index in [1.165, 1.54) is 44.6 Å². The number of nitrogens with zero attached hydrogens (tertiary/aromatic N) is 4. The zero-order valence-electron chi connectivity index (χ0n) is 14.6. The molecule has 2 aromatic heterocycles. The van der Waals surface area contributed by atoms with Gasteiger partial charge in [-0.1, -0.05) is 4.47 Å². The van der Waals surface area contributed by atoms with Gasteiger partial charge in [0.25, 0.3) is 15.9 Å². The van der Waals surface area contributed by atoms with Gasteiger partial charge in [0.05, 0.1) is 23.9 Å². The third-order valence-electron chi connectivity index (χ3n) is 3.78. The predicted molar refractivity (Wildman–Crippen MR) is 97.7 cm³/mol. The lowest BCUT2D eigenvalue weighted by atomic mass is 10.2. The lowest BCUT2D eigenvalue weighted by Crippen LogP contribution is -2.25. The summed E-state index contributed by atoms with van der Waals surface area (Å²) >= 11 is 0. The lowest BCUT2D eigenvalue weighted by Gasteiger charge is -2.14. The molecule has 2 heterocycles. The van der Waals surface area contributed by atoms with Gasteiger partial charge in [0.1, 0.15) is 12.1 Å². The molecule has 1 N–H and O–H groups in total. The van der Waals surface area contributed by atoms with Gasteiger partial charge in [-0.2, -0.15) is 0 Å². The zero-order valence-corrected chi connectivity index (χ0v) is 15.4. The number of anilines is 1. The van der Waals surface area contributed by atoms with Crippen LogP contribution in [0.5, 0.6) is 0 Å². The van der Waals surface area contributed by atoms with Gasteiger partial charge in [0, 0.05) is 25.0 Å². The van der Waals surface area contributed by atoms with E-state index in [0.29, 0.717) is 17.1 Å². The average Bonchev–Trinajstić information content (AvgIpc) is 3.22. The highest BCUT2D eigenvalue weighted by molar-refractivity contribution is 7.89. The quantitative estimate of drug-likeness (QED) is 0.645. The predicted octanol–water partition coefficient (Wildman–Crippen LogP) is 1.70. The maximum atomic E-state index is 12.3. The van der Waals surface area contributed by atoms with Gasteiger partial charge < -0.3 is 5.32 Å². The molecule has 1 amide bonds. The van der Waals surface area contributed by atoms with Crippen LogP contribution in [0.25, 0.3) is 5.82 Å². The maximum Gasteiger partial charge on any atom is 0.264 e. The molecule has 27 heavy (non-hydrogen) atoms. The van der Waals surface area contributed by atoms with Gasteiger partial charge in [-0.3, -0.25) is 14.2 Å². The summed E-state index contributed by atoms with van der Waals surface area (Å²) in [6.45, 7) is 0. The summed E-state index contributed by atoms with van der Waals surface area (Å²) in [5.41, 5.74) is 0.826. The molecule has 3 aromatic rings. The molecule has 0 bridgehead atoms. The molecule has 0 radical (unpaired) electrons. The van der Waals surface area contributed by atoms with E-state index in [0.717, 1.165) is 4.47 Å². The normalized spacial score (nSPS) is 11.5. The molecular formula is C17H17N5O4S. The second-order valence-electron chi connectivity index (χ2n) is 5.45. The maximum absolute atomic E-state index is 12.3. The van der Waals surface area contributed by atoms with E-state index in [4.69, 9.17) is 4.84 Å². The molecule has 10 heteroatoms. The Hall–Kier alpha value is -3.08. The number of benzene rings is 1. The smallest absolute Gasteiger partial charge is 0.264 e. The number of carbonyl (C=O) groups excluding carboxylic acids is 1. The SMILES string of the molecule is CON(C)S(=O)(=O)c1ccc(C(=O)Nc2ccc(-n3ccnc3)nc2)cc1. The number of nitrogens with one attached hydrogen (secondary N) is 1. The minimum atomic E-state index is -3.75. The van der Waals surface area contributed by atoms with E-state index < -0.39 is 10.0 Å². The lowest BCUT2D eigenvalue weighted by molar-refractivity contribution is -0.0258. The number of amides is 1. The zero-order chi connectivity index (χ0) is 19.4. The van der Waals surface area contributed by atoms with Crippen LogP contribution in [0.15, 0.2) is 66.2 Å². The number of aromatic nitrogens is 3. The molecule has 0 saturated heterocycles. The first kappa shape index (κ1) is 18.7. The van der Waals surface area contributed by atoms with Crippen LogP contribution < -0.4 is 5.32 Å². The van der Waals surface area contributed by atoms with Crippen molar-refractivity contribution in [2.24, 2.45) is 0 Å². The largest absolute Gasteiger partial charge is 0.321 e. The minimum Gasteiger partial charge on any atom is -0.321 e. The van der Waals surface area contributed by atoms with Crippen LogP contribution in [-0.4, -0.2) is 47.5 Å². The van der Waals surface area contributed by atoms with Crippen LogP contribution in [0.1, 0.15) is 10.4 Å². The van der Waals surface area contributed by atoms with Crippen molar-refractivity contribution in [2.75, 3.05) is 19.5 Å². The second kappa shape index (κ2) is 7.66. The number of hydrogen-bond acceptors (Lipinski definition) is 6. The van der Waals surface area contributed by atoms with E-state index in [2.05, 4.69) is 15.3 Å². The van der Waals surface area contributed by atoms with E-state index in [1.807, 2.05) is 0 Å². The molecule has 3 rings (SSSR count). The second-order valence-corrected chi connectivity index (χ2v) is 7.39. The monoisotopic (exact) mass is 387 g/mol. The van der Waals surface area contributed by atoms with Crippen molar-refractivity contribution in [3.05, 3.63) is 66.9 Å². The van der Waals surface area contributed by atoms with Gasteiger partial charge in [0.15, 0.2) is 0 Å². The van der Waals surface area contributed by atoms with Crippen molar-refractivity contribution < 1.29 is 18.0 Å². The van der Waals surface area contributed by atoms with Crippen molar-refractivity contribution in [1.29, 1.82) is 0 Å². The summed E-state index contributed by atoms with van der Waals surface area (Å²) in [6.07, 6.45) is 6.56. The molecule has 140 valence electrons. The molecule has 0 aliphatic carbocycles. The summed E-state index contributed by atoms with van der Waals surface area (Å²) < 4.78 is 26.8. The third kappa shape index (κ3) is 4.03. The van der Waals surface area contributed by atoms with Crippen molar-refractivity contribution >= 4 is 21.6 Å². The van der Waals surface area contributed by atoms with Gasteiger partial charge in [0.2, 0.25) is 0 Å². The molecule has 9 nitrogen and oxygen atoms in total. The molecule has 0 fully saturated rings. The van der Waals surface area contributed by atoms with Crippen molar-refractivity contribution in [3.8, 4) is 5.82 Å². The summed E-state index contributed by atoms with van der Waals surface area (Å²) in [6, 6.07) is 9.01. The van der Waals surface area contributed by atoms with Crippen LogP contribution >= 0.6 is 0 Å². The summed E-state index contributed by atoms with van der Waals surface area (Å²) in [7, 11) is -1.21. The molecule has 0 spiro atoms. The Kier molecular flexibility index (Phi) is 5.31. The Morgan fingerprint density at radius 3 is 2.48 bits per heavy atom. The Morgan fingerprint density at radius 2 is 1.93 bits per heavy atom. The summed E-state index contributed by atoms with van der Waals surface area (Å²) in [5, 5.41) is 2.71. The van der Waals surface area contributed by atoms with E-state index in [1.54, 1.807) is 35.4 Å². The fourth-order valence-corrected chi connectivity index (χ4v) is 3.21. The number of pyridine rings is 1. The van der Waals surface area contributed by atoms with E-state index >= 15 is 0 Å². The first-order valence-electron chi connectivity index (χ1n) is 7.80. The van der Waals surface area contributed by atoms with Crippen molar-refractivity contribution in [3.63, 3.8) is 0 Å². The Morgan fingerprint density at radius 1 is 1.19 bits per heavy atom.